The molecule has 2 unspecified atom stereocenters. The molecular formula is C12H21NO. The van der Waals surface area contributed by atoms with Crippen LogP contribution in [0.15, 0.2) is 0 Å². The van der Waals surface area contributed by atoms with Gasteiger partial charge >= 0.3 is 0 Å². The van der Waals surface area contributed by atoms with Crippen molar-refractivity contribution in [3.63, 3.8) is 0 Å². The quantitative estimate of drug-likeness (QED) is 0.629. The zero-order chi connectivity index (χ0) is 9.97. The number of hydrogen-bond donors (Lipinski definition) is 0. The van der Waals surface area contributed by atoms with Gasteiger partial charge in [0.05, 0.1) is 0 Å². The minimum absolute atomic E-state index is 0.376. The van der Waals surface area contributed by atoms with Crippen LogP contribution in [0.1, 0.15) is 51.9 Å². The number of hydrogen-bond acceptors (Lipinski definition) is 1. The van der Waals surface area contributed by atoms with Gasteiger partial charge in [-0.15, -0.1) is 0 Å². The van der Waals surface area contributed by atoms with Crippen LogP contribution >= 0.6 is 0 Å². The molecule has 2 heteroatoms. The summed E-state index contributed by atoms with van der Waals surface area (Å²) >= 11 is 0. The molecule has 1 saturated heterocycles. The van der Waals surface area contributed by atoms with Crippen LogP contribution in [-0.2, 0) is 4.79 Å². The van der Waals surface area contributed by atoms with Crippen LogP contribution in [0, 0.1) is 5.92 Å². The van der Waals surface area contributed by atoms with Crippen molar-refractivity contribution in [2.75, 3.05) is 6.54 Å². The molecule has 80 valence electrons. The Morgan fingerprint density at radius 2 is 1.93 bits per heavy atom. The molecule has 2 atom stereocenters. The number of nitrogens with zero attached hydrogens (tertiary/aromatic N) is 1. The minimum Gasteiger partial charge on any atom is -0.339 e. The average molecular weight is 195 g/mol. The van der Waals surface area contributed by atoms with E-state index in [-0.39, 0.29) is 0 Å². The lowest BCUT2D eigenvalue weighted by Crippen LogP contribution is -2.49. The SMILES string of the molecule is CCC(=O)N1CCCC2CCCCC21. The van der Waals surface area contributed by atoms with Gasteiger partial charge in [0.2, 0.25) is 5.91 Å². The molecule has 1 aliphatic carbocycles. The van der Waals surface area contributed by atoms with Crippen molar-refractivity contribution in [3.05, 3.63) is 0 Å². The Hall–Kier alpha value is -0.530. The molecule has 1 saturated carbocycles. The van der Waals surface area contributed by atoms with Gasteiger partial charge in [0, 0.05) is 19.0 Å². The van der Waals surface area contributed by atoms with E-state index in [1.54, 1.807) is 0 Å². The lowest BCUT2D eigenvalue weighted by Gasteiger charge is -2.44. The number of rotatable bonds is 1. The zero-order valence-corrected chi connectivity index (χ0v) is 9.17. The molecular weight excluding hydrogens is 174 g/mol. The Morgan fingerprint density at radius 3 is 2.71 bits per heavy atom. The van der Waals surface area contributed by atoms with Gasteiger partial charge in [-0.3, -0.25) is 4.79 Å². The van der Waals surface area contributed by atoms with E-state index in [1.807, 2.05) is 6.92 Å². The number of amides is 1. The molecule has 1 amide bonds. The highest BCUT2D eigenvalue weighted by Crippen LogP contribution is 2.35. The topological polar surface area (TPSA) is 20.3 Å². The first kappa shape index (κ1) is 10.0. The molecule has 2 fully saturated rings. The lowest BCUT2D eigenvalue weighted by molar-refractivity contribution is -0.137. The van der Waals surface area contributed by atoms with Gasteiger partial charge in [-0.2, -0.15) is 0 Å². The summed E-state index contributed by atoms with van der Waals surface area (Å²) < 4.78 is 0. The summed E-state index contributed by atoms with van der Waals surface area (Å²) in [6, 6.07) is 0.602. The van der Waals surface area contributed by atoms with Crippen molar-refractivity contribution < 1.29 is 4.79 Å². The van der Waals surface area contributed by atoms with Crippen LogP contribution in [0.4, 0.5) is 0 Å². The summed E-state index contributed by atoms with van der Waals surface area (Å²) in [7, 11) is 0. The second-order valence-electron chi connectivity index (χ2n) is 4.69. The van der Waals surface area contributed by atoms with E-state index in [1.165, 1.54) is 38.5 Å². The van der Waals surface area contributed by atoms with Crippen LogP contribution in [-0.4, -0.2) is 23.4 Å². The van der Waals surface area contributed by atoms with E-state index in [0.29, 0.717) is 18.4 Å². The third kappa shape index (κ3) is 1.79. The molecule has 0 radical (unpaired) electrons. The van der Waals surface area contributed by atoms with E-state index < -0.39 is 0 Å². The van der Waals surface area contributed by atoms with Crippen LogP contribution in [0.25, 0.3) is 0 Å². The molecule has 2 rings (SSSR count). The van der Waals surface area contributed by atoms with Gasteiger partial charge in [0.25, 0.3) is 0 Å². The second kappa shape index (κ2) is 4.33. The molecule has 2 aliphatic rings. The molecule has 1 heterocycles. The van der Waals surface area contributed by atoms with Crippen molar-refractivity contribution in [2.45, 2.75) is 57.9 Å². The van der Waals surface area contributed by atoms with Crippen molar-refractivity contribution >= 4 is 5.91 Å². The molecule has 0 aromatic carbocycles. The Balaban J connectivity index is 2.04. The molecule has 0 aromatic heterocycles. The zero-order valence-electron chi connectivity index (χ0n) is 9.17. The second-order valence-corrected chi connectivity index (χ2v) is 4.69. The Bertz CT molecular complexity index is 212. The number of likely N-dealkylation sites (tertiary alicyclic amines) is 1. The number of piperidine rings is 1. The van der Waals surface area contributed by atoms with E-state index in [9.17, 15) is 4.79 Å². The number of carbonyl (C=O) groups is 1. The monoisotopic (exact) mass is 195 g/mol. The summed E-state index contributed by atoms with van der Waals surface area (Å²) in [6.07, 6.45) is 8.60. The minimum atomic E-state index is 0.376. The molecule has 1 aliphatic heterocycles. The highest BCUT2D eigenvalue weighted by Gasteiger charge is 2.34. The largest absolute Gasteiger partial charge is 0.339 e. The van der Waals surface area contributed by atoms with Crippen LogP contribution < -0.4 is 0 Å². The van der Waals surface area contributed by atoms with Crippen molar-refractivity contribution in [1.82, 2.24) is 4.90 Å². The van der Waals surface area contributed by atoms with E-state index in [0.717, 1.165) is 12.5 Å². The summed E-state index contributed by atoms with van der Waals surface area (Å²) in [5, 5.41) is 0. The molecule has 0 aromatic rings. The molecule has 0 spiro atoms. The van der Waals surface area contributed by atoms with Gasteiger partial charge in [-0.05, 0) is 31.6 Å². The first-order valence-corrected chi connectivity index (χ1v) is 6.12. The number of fused-ring (bicyclic) bond motifs is 1. The van der Waals surface area contributed by atoms with Crippen LogP contribution in [0.3, 0.4) is 0 Å². The summed E-state index contributed by atoms with van der Waals surface area (Å²) in [5.74, 6) is 1.20. The van der Waals surface area contributed by atoms with Crippen molar-refractivity contribution in [2.24, 2.45) is 5.92 Å². The normalized spacial score (nSPS) is 32.5. The van der Waals surface area contributed by atoms with E-state index >= 15 is 0 Å². The lowest BCUT2D eigenvalue weighted by atomic mass is 9.78. The van der Waals surface area contributed by atoms with E-state index in [2.05, 4.69) is 4.90 Å². The van der Waals surface area contributed by atoms with Crippen LogP contribution in [0.5, 0.6) is 0 Å². The highest BCUT2D eigenvalue weighted by atomic mass is 16.2. The standard InChI is InChI=1S/C12H21NO/c1-2-12(14)13-9-5-7-10-6-3-4-8-11(10)13/h10-11H,2-9H2,1H3. The predicted molar refractivity (Wildman–Crippen MR) is 57.0 cm³/mol. The fraction of sp³-hybridized carbons (Fsp3) is 0.917. The Morgan fingerprint density at radius 1 is 1.21 bits per heavy atom. The Kier molecular flexibility index (Phi) is 3.09. The summed E-state index contributed by atoms with van der Waals surface area (Å²) in [4.78, 5) is 13.9. The molecule has 2 nitrogen and oxygen atoms in total. The van der Waals surface area contributed by atoms with Gasteiger partial charge in [0.15, 0.2) is 0 Å². The molecule has 0 bridgehead atoms. The Labute approximate surface area is 86.7 Å². The maximum atomic E-state index is 11.7. The van der Waals surface area contributed by atoms with Crippen molar-refractivity contribution in [3.8, 4) is 0 Å². The molecule has 0 N–H and O–H groups in total. The average Bonchev–Trinajstić information content (AvgIpc) is 2.27. The third-order valence-corrected chi connectivity index (χ3v) is 3.87. The fourth-order valence-electron chi connectivity index (χ4n) is 3.14. The van der Waals surface area contributed by atoms with Crippen LogP contribution in [0.2, 0.25) is 0 Å². The summed E-state index contributed by atoms with van der Waals surface area (Å²) in [6.45, 7) is 3.00. The highest BCUT2D eigenvalue weighted by molar-refractivity contribution is 5.76. The predicted octanol–water partition coefficient (Wildman–Crippen LogP) is 2.58. The van der Waals surface area contributed by atoms with E-state index in [4.69, 9.17) is 0 Å². The van der Waals surface area contributed by atoms with Gasteiger partial charge in [-0.25, -0.2) is 0 Å². The van der Waals surface area contributed by atoms with Crippen molar-refractivity contribution in [1.29, 1.82) is 0 Å². The first-order valence-electron chi connectivity index (χ1n) is 6.12. The first-order chi connectivity index (χ1) is 6.83. The maximum absolute atomic E-state index is 11.7. The molecule has 14 heavy (non-hydrogen) atoms. The van der Waals surface area contributed by atoms with Gasteiger partial charge < -0.3 is 4.90 Å². The van der Waals surface area contributed by atoms with Gasteiger partial charge in [0.1, 0.15) is 0 Å². The van der Waals surface area contributed by atoms with Gasteiger partial charge in [-0.1, -0.05) is 19.8 Å². The third-order valence-electron chi connectivity index (χ3n) is 3.87. The number of carbonyl (C=O) groups excluding carboxylic acids is 1. The maximum Gasteiger partial charge on any atom is 0.222 e. The smallest absolute Gasteiger partial charge is 0.222 e. The summed E-state index contributed by atoms with van der Waals surface area (Å²) in [5.41, 5.74) is 0. The fourth-order valence-corrected chi connectivity index (χ4v) is 3.14.